The van der Waals surface area contributed by atoms with Crippen molar-refractivity contribution in [1.29, 1.82) is 0 Å². The molecule has 0 bridgehead atoms. The first-order valence-electron chi connectivity index (χ1n) is 3.89. The predicted molar refractivity (Wildman–Crippen MR) is 47.1 cm³/mol. The molecule has 0 radical (unpaired) electrons. The third-order valence-corrected chi connectivity index (χ3v) is 2.07. The van der Waals surface area contributed by atoms with Crippen LogP contribution in [0.25, 0.3) is 0 Å². The molecule has 11 heteroatoms. The number of carbonyl (C=O) groups is 1. The van der Waals surface area contributed by atoms with Gasteiger partial charge in [0.15, 0.2) is 11.9 Å². The minimum absolute atomic E-state index is 0. The Hall–Kier alpha value is -0.354. The van der Waals surface area contributed by atoms with E-state index >= 15 is 0 Å². The van der Waals surface area contributed by atoms with Crippen LogP contribution in [0.1, 0.15) is 0 Å². The Labute approximate surface area is 111 Å². The second-order valence-corrected chi connectivity index (χ2v) is 3.99. The first kappa shape index (κ1) is 16.6. The number of esters is 1. The van der Waals surface area contributed by atoms with E-state index in [0.717, 1.165) is 0 Å². The van der Waals surface area contributed by atoms with Crippen molar-refractivity contribution in [3.05, 3.63) is 11.5 Å². The van der Waals surface area contributed by atoms with Gasteiger partial charge in [-0.15, -0.1) is 6.61 Å². The molecule has 17 heavy (non-hydrogen) atoms. The summed E-state index contributed by atoms with van der Waals surface area (Å²) < 4.78 is 18.6. The van der Waals surface area contributed by atoms with Gasteiger partial charge in [0.05, 0.1) is 0 Å². The second-order valence-electron chi connectivity index (χ2n) is 2.83. The van der Waals surface area contributed by atoms with Gasteiger partial charge in [0.2, 0.25) is 5.76 Å². The topological polar surface area (TPSA) is 159 Å². The third-order valence-electron chi connectivity index (χ3n) is 1.64. The van der Waals surface area contributed by atoms with E-state index < -0.39 is 44.1 Å². The molecular weight excluding hydrogens is 271 g/mol. The summed E-state index contributed by atoms with van der Waals surface area (Å²) in [5.74, 6) is -3.60. The first-order valence-corrected chi connectivity index (χ1v) is 5.42. The van der Waals surface area contributed by atoms with Crippen LogP contribution in [-0.4, -0.2) is 62.7 Å². The van der Waals surface area contributed by atoms with Gasteiger partial charge in [0.1, 0.15) is 0 Å². The van der Waals surface area contributed by atoms with Crippen molar-refractivity contribution in [2.45, 2.75) is 12.2 Å². The molecule has 0 saturated heterocycles. The van der Waals surface area contributed by atoms with Crippen molar-refractivity contribution in [2.75, 3.05) is 6.61 Å². The van der Waals surface area contributed by atoms with Gasteiger partial charge in [0.25, 0.3) is 0 Å². The summed E-state index contributed by atoms with van der Waals surface area (Å²) in [6, 6.07) is 0. The zero-order chi connectivity index (χ0) is 12.5. The van der Waals surface area contributed by atoms with E-state index in [1.165, 1.54) is 0 Å². The molecule has 0 aromatic heterocycles. The smallest absolute Gasteiger partial charge is 0.855 e. The third kappa shape index (κ3) is 4.10. The van der Waals surface area contributed by atoms with Gasteiger partial charge in [-0.05, 0) is 0 Å². The minimum atomic E-state index is -5.06. The Bertz CT molecular complexity index is 374. The number of aliphatic hydroxyl groups excluding tert-OH is 1. The zero-order valence-electron chi connectivity index (χ0n) is 8.31. The van der Waals surface area contributed by atoms with Crippen LogP contribution in [0.5, 0.6) is 0 Å². The van der Waals surface area contributed by atoms with Gasteiger partial charge in [-0.3, -0.25) is 9.79 Å². The maximum atomic E-state index is 11.0. The molecule has 92 valence electrons. The van der Waals surface area contributed by atoms with Crippen LogP contribution in [0.15, 0.2) is 11.5 Å². The fourth-order valence-electron chi connectivity index (χ4n) is 1.02. The Morgan fingerprint density at radius 3 is 2.47 bits per heavy atom. The van der Waals surface area contributed by atoms with E-state index in [0.29, 0.717) is 0 Å². The summed E-state index contributed by atoms with van der Waals surface area (Å²) in [6.45, 7) is -1.21. The van der Waals surface area contributed by atoms with Crippen LogP contribution in [0.2, 0.25) is 0 Å². The van der Waals surface area contributed by atoms with Crippen LogP contribution >= 0.6 is 7.82 Å². The molecule has 1 rings (SSSR count). The largest absolute Gasteiger partial charge is 2.00 e. The van der Waals surface area contributed by atoms with E-state index in [2.05, 4.69) is 9.26 Å². The molecule has 0 amide bonds. The van der Waals surface area contributed by atoms with E-state index in [1.54, 1.807) is 0 Å². The molecular formula is C6H7MgO9P. The van der Waals surface area contributed by atoms with Crippen molar-refractivity contribution in [2.24, 2.45) is 0 Å². The van der Waals surface area contributed by atoms with E-state index in [4.69, 9.17) is 14.9 Å². The standard InChI is InChI=1S/C6H7O9P.Mg/c7-1-2(8)4-5(15-16(11,12)13)3(9)6(10)14-4;/h2,4,9H,1H2,(H2,11,12,13);/q-2;+2/t2-,4+;/m0./s1. The number of phosphoric acid groups is 1. The molecule has 1 heterocycles. The fourth-order valence-corrected chi connectivity index (χ4v) is 1.46. The Morgan fingerprint density at radius 2 is 2.06 bits per heavy atom. The number of carbonyl (C=O) groups excluding carboxylic acids is 1. The van der Waals surface area contributed by atoms with Crippen molar-refractivity contribution in [3.8, 4) is 0 Å². The van der Waals surface area contributed by atoms with Gasteiger partial charge >= 0.3 is 36.8 Å². The Kier molecular flexibility index (Phi) is 5.88. The van der Waals surface area contributed by atoms with E-state index in [1.807, 2.05) is 0 Å². The predicted octanol–water partition coefficient (Wildman–Crippen LogP) is -3.50. The number of rotatable bonds is 4. The molecule has 1 aliphatic heterocycles. The maximum Gasteiger partial charge on any atom is 2.00 e. The molecule has 2 atom stereocenters. The van der Waals surface area contributed by atoms with Crippen molar-refractivity contribution in [3.63, 3.8) is 0 Å². The maximum absolute atomic E-state index is 11.0. The molecule has 0 aromatic carbocycles. The van der Waals surface area contributed by atoms with Gasteiger partial charge in [0, 0.05) is 0 Å². The summed E-state index contributed by atoms with van der Waals surface area (Å²) in [5, 5.41) is 30.3. The Balaban J connectivity index is 0.00000256. The zero-order valence-corrected chi connectivity index (χ0v) is 10.6. The van der Waals surface area contributed by atoms with Crippen molar-refractivity contribution in [1.82, 2.24) is 0 Å². The molecule has 3 N–H and O–H groups in total. The first-order chi connectivity index (χ1) is 7.26. The minimum Gasteiger partial charge on any atom is -0.855 e. The quantitative estimate of drug-likeness (QED) is 0.269. The number of hydrogen-bond donors (Lipinski definition) is 3. The van der Waals surface area contributed by atoms with Gasteiger partial charge < -0.3 is 24.6 Å². The van der Waals surface area contributed by atoms with Gasteiger partial charge in [-0.1, -0.05) is 6.10 Å². The summed E-state index contributed by atoms with van der Waals surface area (Å²) in [5.41, 5.74) is 0. The van der Waals surface area contributed by atoms with Gasteiger partial charge in [-0.2, -0.15) is 0 Å². The average Bonchev–Trinajstić information content (AvgIpc) is 2.43. The molecule has 0 aromatic rings. The Morgan fingerprint density at radius 1 is 1.53 bits per heavy atom. The SMILES string of the molecule is O=C1O[C@H]([C@@H]([O-])C[O-])C(OP(=O)(O)O)=C1O.[Mg+2]. The van der Waals surface area contributed by atoms with Crippen LogP contribution in [0, 0.1) is 0 Å². The molecule has 0 unspecified atom stereocenters. The summed E-state index contributed by atoms with van der Waals surface area (Å²) in [6.07, 6.45) is -3.84. The second kappa shape index (κ2) is 6.00. The molecule has 0 aliphatic carbocycles. The van der Waals surface area contributed by atoms with E-state index in [-0.39, 0.29) is 23.1 Å². The molecule has 9 nitrogen and oxygen atoms in total. The number of aliphatic hydroxyl groups is 1. The number of phosphoric ester groups is 1. The van der Waals surface area contributed by atoms with Crippen LogP contribution in [0.3, 0.4) is 0 Å². The monoisotopic (exact) mass is 278 g/mol. The molecule has 1 aliphatic rings. The average molecular weight is 278 g/mol. The number of cyclic esters (lactones) is 1. The van der Waals surface area contributed by atoms with E-state index in [9.17, 15) is 19.6 Å². The number of hydrogen-bond acceptors (Lipinski definition) is 7. The molecule has 0 saturated carbocycles. The van der Waals surface area contributed by atoms with Crippen LogP contribution in [-0.2, 0) is 18.6 Å². The number of ether oxygens (including phenoxy) is 1. The summed E-state index contributed by atoms with van der Waals surface area (Å²) >= 11 is 0. The summed E-state index contributed by atoms with van der Waals surface area (Å²) in [4.78, 5) is 27.7. The molecule has 0 spiro atoms. The van der Waals surface area contributed by atoms with Crippen molar-refractivity contribution >= 4 is 36.8 Å². The van der Waals surface area contributed by atoms with Crippen LogP contribution in [0.4, 0.5) is 0 Å². The molecule has 0 fully saturated rings. The normalized spacial score (nSPS) is 21.9. The summed E-state index contributed by atoms with van der Waals surface area (Å²) in [7, 11) is -5.06. The van der Waals surface area contributed by atoms with Crippen LogP contribution < -0.4 is 10.2 Å². The van der Waals surface area contributed by atoms with Crippen molar-refractivity contribution < 1.29 is 43.7 Å². The van der Waals surface area contributed by atoms with Gasteiger partial charge in [-0.25, -0.2) is 9.36 Å². The fraction of sp³-hybridized carbons (Fsp3) is 0.500.